The predicted octanol–water partition coefficient (Wildman–Crippen LogP) is 6.54. The Morgan fingerprint density at radius 1 is 0.941 bits per heavy atom. The van der Waals surface area contributed by atoms with Crippen molar-refractivity contribution >= 4 is 13.7 Å². The zero-order chi connectivity index (χ0) is 25.0. The van der Waals surface area contributed by atoms with Gasteiger partial charge >= 0.3 is 7.60 Å². The van der Waals surface area contributed by atoms with Gasteiger partial charge in [-0.3, -0.25) is 4.57 Å². The highest BCUT2D eigenvalue weighted by Gasteiger charge is 2.19. The third-order valence-electron chi connectivity index (χ3n) is 4.76. The lowest BCUT2D eigenvalue weighted by molar-refractivity contribution is 0.00272. The quantitative estimate of drug-likeness (QED) is 0.159. The predicted molar refractivity (Wildman–Crippen MR) is 135 cm³/mol. The third-order valence-corrected chi connectivity index (χ3v) is 6.51. The van der Waals surface area contributed by atoms with E-state index in [1.54, 1.807) is 34.1 Å². The minimum atomic E-state index is -3.30. The Balaban J connectivity index is 2.18. The van der Waals surface area contributed by atoms with Crippen LogP contribution >= 0.6 is 7.60 Å². The smallest absolute Gasteiger partial charge is 0.354 e. The van der Waals surface area contributed by atoms with Crippen molar-refractivity contribution < 1.29 is 32.6 Å². The lowest BCUT2D eigenvalue weighted by Crippen LogP contribution is -2.07. The van der Waals surface area contributed by atoms with Crippen molar-refractivity contribution in [2.45, 2.75) is 34.1 Å². The van der Waals surface area contributed by atoms with Crippen LogP contribution in [-0.4, -0.2) is 40.8 Å². The molecule has 0 amide bonds. The van der Waals surface area contributed by atoms with Crippen LogP contribution in [0.3, 0.4) is 0 Å². The van der Waals surface area contributed by atoms with Gasteiger partial charge in [-0.2, -0.15) is 0 Å². The number of hydrogen-bond acceptors (Lipinski definition) is 7. The first-order chi connectivity index (χ1) is 16.3. The van der Waals surface area contributed by atoms with E-state index in [9.17, 15) is 4.57 Å². The second-order valence-corrected chi connectivity index (χ2v) is 9.84. The fraction of sp³-hybridized carbons (Fsp3) is 0.462. The maximum Gasteiger partial charge on any atom is 0.354 e. The molecule has 0 aliphatic rings. The number of hydrogen-bond donors (Lipinski definition) is 0. The maximum absolute atomic E-state index is 12.7. The van der Waals surface area contributed by atoms with Crippen LogP contribution in [0.25, 0.3) is 6.08 Å². The molecule has 0 saturated carbocycles. The number of rotatable bonds is 15. The van der Waals surface area contributed by atoms with Gasteiger partial charge in [0.05, 0.1) is 34.0 Å². The van der Waals surface area contributed by atoms with Crippen LogP contribution < -0.4 is 14.2 Å². The van der Waals surface area contributed by atoms with E-state index >= 15 is 0 Å². The number of ether oxygens (including phenoxy) is 4. The van der Waals surface area contributed by atoms with Crippen molar-refractivity contribution in [2.24, 2.45) is 5.92 Å². The van der Waals surface area contributed by atoms with E-state index in [1.165, 1.54) is 5.82 Å². The maximum atomic E-state index is 12.7. The molecule has 0 radical (unpaired) electrons. The summed E-state index contributed by atoms with van der Waals surface area (Å²) in [5.74, 6) is 4.03. The van der Waals surface area contributed by atoms with Crippen LogP contribution in [0.2, 0.25) is 0 Å². The molecule has 0 aliphatic carbocycles. The highest BCUT2D eigenvalue weighted by Crippen LogP contribution is 2.50. The van der Waals surface area contributed by atoms with E-state index in [0.717, 1.165) is 22.4 Å². The zero-order valence-corrected chi connectivity index (χ0v) is 21.9. The summed E-state index contributed by atoms with van der Waals surface area (Å²) in [7, 11) is -0.0694. The molecule has 0 saturated heterocycles. The molecule has 0 fully saturated rings. The second-order valence-electron chi connectivity index (χ2n) is 7.94. The van der Waals surface area contributed by atoms with Crippen LogP contribution in [-0.2, 0) is 24.8 Å². The van der Waals surface area contributed by atoms with E-state index in [4.69, 9.17) is 28.0 Å². The Bertz CT molecular complexity index is 919. The average Bonchev–Trinajstić information content (AvgIpc) is 2.82. The summed E-state index contributed by atoms with van der Waals surface area (Å²) in [6, 6.07) is 11.6. The molecule has 0 spiro atoms. The first kappa shape index (κ1) is 27.9. The van der Waals surface area contributed by atoms with Gasteiger partial charge in [-0.1, -0.05) is 26.0 Å². The molecule has 0 atom stereocenters. The van der Waals surface area contributed by atoms with Crippen molar-refractivity contribution in [2.75, 3.05) is 40.8 Å². The summed E-state index contributed by atoms with van der Waals surface area (Å²) in [6.07, 6.45) is 2.31. The van der Waals surface area contributed by atoms with Crippen LogP contribution in [0.5, 0.6) is 17.2 Å². The van der Waals surface area contributed by atoms with E-state index < -0.39 is 7.60 Å². The zero-order valence-electron chi connectivity index (χ0n) is 21.0. The second kappa shape index (κ2) is 14.2. The molecule has 34 heavy (non-hydrogen) atoms. The summed E-state index contributed by atoms with van der Waals surface area (Å²) in [5, 5.41) is 0. The number of benzene rings is 2. The molecule has 0 aliphatic heterocycles. The standard InChI is InChI=1S/C26H37O7P/c1-7-32-34(27,33-8-2)14-13-22-16-25(28-5)24(26(17-22)29-6)15-21-9-11-23(12-10-21)31-19-30-18-20(3)4/h9-14,16-17,20H,7-8,15,18-19H2,1-6H3/b14-13+. The van der Waals surface area contributed by atoms with E-state index in [0.29, 0.717) is 43.7 Å². The molecule has 0 bridgehead atoms. The Kier molecular flexibility index (Phi) is 11.6. The van der Waals surface area contributed by atoms with Crippen molar-refractivity contribution in [3.05, 3.63) is 58.9 Å². The molecule has 2 rings (SSSR count). The molecule has 0 unspecified atom stereocenters. The van der Waals surface area contributed by atoms with Crippen LogP contribution in [0.15, 0.2) is 42.2 Å². The summed E-state index contributed by atoms with van der Waals surface area (Å²) < 4.78 is 45.8. The summed E-state index contributed by atoms with van der Waals surface area (Å²) in [6.45, 7) is 9.23. The van der Waals surface area contributed by atoms with Crippen molar-refractivity contribution in [1.82, 2.24) is 0 Å². The molecule has 0 aromatic heterocycles. The van der Waals surface area contributed by atoms with Gasteiger partial charge in [0.15, 0.2) is 6.79 Å². The molecular formula is C26H37O7P. The van der Waals surface area contributed by atoms with Gasteiger partial charge in [-0.05, 0) is 61.2 Å². The van der Waals surface area contributed by atoms with Gasteiger partial charge in [0.25, 0.3) is 0 Å². The van der Waals surface area contributed by atoms with Crippen LogP contribution in [0.1, 0.15) is 44.4 Å². The van der Waals surface area contributed by atoms with Gasteiger partial charge < -0.3 is 28.0 Å². The first-order valence-electron chi connectivity index (χ1n) is 11.5. The lowest BCUT2D eigenvalue weighted by atomic mass is 10.0. The normalized spacial score (nSPS) is 11.9. The SMILES string of the molecule is CCOP(=O)(/C=C/c1cc(OC)c(Cc2ccc(OCOCC(C)C)cc2)c(OC)c1)OCC. The van der Waals surface area contributed by atoms with Crippen molar-refractivity contribution in [3.63, 3.8) is 0 Å². The Morgan fingerprint density at radius 3 is 2.03 bits per heavy atom. The Morgan fingerprint density at radius 2 is 1.53 bits per heavy atom. The van der Waals surface area contributed by atoms with Gasteiger partial charge in [0.1, 0.15) is 17.2 Å². The Labute approximate surface area is 203 Å². The van der Waals surface area contributed by atoms with Crippen LogP contribution in [0, 0.1) is 5.92 Å². The first-order valence-corrected chi connectivity index (χ1v) is 13.1. The monoisotopic (exact) mass is 492 g/mol. The molecule has 188 valence electrons. The third kappa shape index (κ3) is 8.80. The topological polar surface area (TPSA) is 72.5 Å². The highest BCUT2D eigenvalue weighted by atomic mass is 31.2. The lowest BCUT2D eigenvalue weighted by Gasteiger charge is -2.16. The van der Waals surface area contributed by atoms with Gasteiger partial charge in [-0.25, -0.2) is 0 Å². The molecule has 8 heteroatoms. The molecule has 0 N–H and O–H groups in total. The van der Waals surface area contributed by atoms with E-state index in [-0.39, 0.29) is 6.79 Å². The average molecular weight is 493 g/mol. The Hall–Kier alpha value is -2.31. The van der Waals surface area contributed by atoms with Crippen molar-refractivity contribution in [3.8, 4) is 17.2 Å². The fourth-order valence-electron chi connectivity index (χ4n) is 3.24. The largest absolute Gasteiger partial charge is 0.496 e. The summed E-state index contributed by atoms with van der Waals surface area (Å²) in [4.78, 5) is 0. The molecule has 0 heterocycles. The molecule has 2 aromatic rings. The summed E-state index contributed by atoms with van der Waals surface area (Å²) >= 11 is 0. The van der Waals surface area contributed by atoms with Gasteiger partial charge in [0.2, 0.25) is 0 Å². The van der Waals surface area contributed by atoms with Crippen LogP contribution in [0.4, 0.5) is 0 Å². The molecule has 2 aromatic carbocycles. The molecular weight excluding hydrogens is 455 g/mol. The van der Waals surface area contributed by atoms with E-state index in [2.05, 4.69) is 13.8 Å². The minimum absolute atomic E-state index is 0.230. The van der Waals surface area contributed by atoms with Gasteiger partial charge in [-0.15, -0.1) is 0 Å². The fourth-order valence-corrected chi connectivity index (χ4v) is 4.56. The molecule has 7 nitrogen and oxygen atoms in total. The van der Waals surface area contributed by atoms with Gasteiger partial charge in [0, 0.05) is 17.8 Å². The van der Waals surface area contributed by atoms with E-state index in [1.807, 2.05) is 36.4 Å². The number of methoxy groups -OCH3 is 2. The highest BCUT2D eigenvalue weighted by molar-refractivity contribution is 7.57. The summed E-state index contributed by atoms with van der Waals surface area (Å²) in [5.41, 5.74) is 2.75. The van der Waals surface area contributed by atoms with Crippen molar-refractivity contribution in [1.29, 1.82) is 0 Å². The minimum Gasteiger partial charge on any atom is -0.496 e.